The minimum absolute atomic E-state index is 0.0712. The molecule has 1 aromatic carbocycles. The van der Waals surface area contributed by atoms with Crippen LogP contribution >= 0.6 is 39.9 Å². The fourth-order valence-corrected chi connectivity index (χ4v) is 4.87. The van der Waals surface area contributed by atoms with Crippen molar-refractivity contribution in [1.82, 2.24) is 4.90 Å². The number of thioether (sulfide) groups is 1. The van der Waals surface area contributed by atoms with E-state index in [4.69, 9.17) is 26.4 Å². The normalized spacial score (nSPS) is 20.9. The Morgan fingerprint density at radius 2 is 2.29 bits per heavy atom. The molecule has 2 saturated heterocycles. The van der Waals surface area contributed by atoms with Crippen LogP contribution in [0.5, 0.6) is 11.5 Å². The molecule has 0 saturated carbocycles. The monoisotopic (exact) mass is 483 g/mol. The maximum atomic E-state index is 12.8. The van der Waals surface area contributed by atoms with Gasteiger partial charge in [-0.25, -0.2) is 0 Å². The molecule has 1 aromatic rings. The van der Waals surface area contributed by atoms with Crippen molar-refractivity contribution in [2.75, 3.05) is 26.4 Å². The predicted molar refractivity (Wildman–Crippen MR) is 120 cm³/mol. The smallest absolute Gasteiger partial charge is 0.266 e. The number of hydrogen-bond acceptors (Lipinski definition) is 6. The number of thiocarbonyl (C=S) groups is 1. The maximum absolute atomic E-state index is 12.8. The minimum atomic E-state index is -0.0773. The molecule has 0 spiro atoms. The van der Waals surface area contributed by atoms with Crippen LogP contribution in [-0.4, -0.2) is 47.6 Å². The first kappa shape index (κ1) is 21.4. The highest BCUT2D eigenvalue weighted by Crippen LogP contribution is 2.39. The second-order valence-electron chi connectivity index (χ2n) is 6.29. The van der Waals surface area contributed by atoms with Crippen LogP contribution in [0.4, 0.5) is 0 Å². The van der Waals surface area contributed by atoms with Crippen LogP contribution in [0.1, 0.15) is 25.3 Å². The lowest BCUT2D eigenvalue weighted by Crippen LogP contribution is -2.35. The summed E-state index contributed by atoms with van der Waals surface area (Å²) in [6.07, 6.45) is 5.58. The summed E-state index contributed by atoms with van der Waals surface area (Å²) in [7, 11) is 0. The fraction of sp³-hybridized carbons (Fsp3) is 0.400. The number of rotatable bonds is 8. The molecule has 0 bridgehead atoms. The largest absolute Gasteiger partial charge is 0.490 e. The number of amides is 1. The Bertz CT molecular complexity index is 806. The summed E-state index contributed by atoms with van der Waals surface area (Å²) in [4.78, 5) is 15.1. The van der Waals surface area contributed by atoms with E-state index in [2.05, 4.69) is 22.5 Å². The lowest BCUT2D eigenvalue weighted by molar-refractivity contribution is -0.123. The van der Waals surface area contributed by atoms with Crippen molar-refractivity contribution in [3.8, 4) is 11.5 Å². The SMILES string of the molecule is C=CCOc1c(Br)cc(/C=C2\SC(=S)N(C[C@H]3CCCO3)C2=O)cc1OCC. The third kappa shape index (κ3) is 4.97. The molecule has 150 valence electrons. The first-order chi connectivity index (χ1) is 13.5. The van der Waals surface area contributed by atoms with Crippen molar-refractivity contribution >= 4 is 56.2 Å². The van der Waals surface area contributed by atoms with Gasteiger partial charge in [-0.05, 0) is 59.5 Å². The van der Waals surface area contributed by atoms with Gasteiger partial charge in [0.2, 0.25) is 0 Å². The highest BCUT2D eigenvalue weighted by atomic mass is 79.9. The Morgan fingerprint density at radius 1 is 1.46 bits per heavy atom. The van der Waals surface area contributed by atoms with Gasteiger partial charge >= 0.3 is 0 Å². The standard InChI is InChI=1S/C20H22BrNO4S2/c1-3-7-26-18-15(21)9-13(10-16(18)24-4-2)11-17-19(23)22(20(27)28-17)12-14-6-5-8-25-14/h3,9-11,14H,1,4-8,12H2,2H3/b17-11-/t14-/m1/s1. The number of carbonyl (C=O) groups is 1. The van der Waals surface area contributed by atoms with Gasteiger partial charge in [0, 0.05) is 6.61 Å². The summed E-state index contributed by atoms with van der Waals surface area (Å²) in [5.74, 6) is 1.15. The number of nitrogens with zero attached hydrogens (tertiary/aromatic N) is 1. The van der Waals surface area contributed by atoms with Crippen molar-refractivity contribution in [3.63, 3.8) is 0 Å². The molecule has 1 atom stereocenters. The maximum Gasteiger partial charge on any atom is 0.266 e. The van der Waals surface area contributed by atoms with Gasteiger partial charge < -0.3 is 14.2 Å². The summed E-state index contributed by atoms with van der Waals surface area (Å²) in [6.45, 7) is 7.73. The topological polar surface area (TPSA) is 48.0 Å². The molecule has 0 N–H and O–H groups in total. The molecule has 2 aliphatic heterocycles. The predicted octanol–water partition coefficient (Wildman–Crippen LogP) is 4.79. The molecule has 0 unspecified atom stereocenters. The minimum Gasteiger partial charge on any atom is -0.490 e. The molecule has 2 heterocycles. The Hall–Kier alpha value is -1.35. The molecule has 5 nitrogen and oxygen atoms in total. The third-order valence-electron chi connectivity index (χ3n) is 4.26. The summed E-state index contributed by atoms with van der Waals surface area (Å²) in [5, 5.41) is 0. The Labute approximate surface area is 183 Å². The highest BCUT2D eigenvalue weighted by molar-refractivity contribution is 9.10. The van der Waals surface area contributed by atoms with Crippen LogP contribution in [0, 0.1) is 0 Å². The van der Waals surface area contributed by atoms with Crippen molar-refractivity contribution < 1.29 is 19.0 Å². The average molecular weight is 484 g/mol. The highest BCUT2D eigenvalue weighted by Gasteiger charge is 2.34. The molecular formula is C20H22BrNO4S2. The number of halogens is 1. The van der Waals surface area contributed by atoms with Crippen LogP contribution in [0.25, 0.3) is 6.08 Å². The van der Waals surface area contributed by atoms with E-state index in [0.29, 0.717) is 40.5 Å². The molecule has 28 heavy (non-hydrogen) atoms. The van der Waals surface area contributed by atoms with Gasteiger partial charge in [0.15, 0.2) is 11.5 Å². The van der Waals surface area contributed by atoms with E-state index in [1.165, 1.54) is 11.8 Å². The number of ether oxygens (including phenoxy) is 3. The van der Waals surface area contributed by atoms with Crippen molar-refractivity contribution in [2.24, 2.45) is 0 Å². The molecule has 3 rings (SSSR count). The van der Waals surface area contributed by atoms with Crippen LogP contribution in [0.15, 0.2) is 34.2 Å². The molecule has 2 aliphatic rings. The van der Waals surface area contributed by atoms with Crippen molar-refractivity contribution in [3.05, 3.63) is 39.7 Å². The van der Waals surface area contributed by atoms with Gasteiger partial charge in [-0.1, -0.05) is 36.6 Å². The fourth-order valence-electron chi connectivity index (χ4n) is 3.02. The lowest BCUT2D eigenvalue weighted by atomic mass is 10.1. The molecule has 0 radical (unpaired) electrons. The molecular weight excluding hydrogens is 462 g/mol. The van der Waals surface area contributed by atoms with Gasteiger partial charge in [-0.15, -0.1) is 0 Å². The molecule has 0 aliphatic carbocycles. The van der Waals surface area contributed by atoms with E-state index in [9.17, 15) is 4.79 Å². The lowest BCUT2D eigenvalue weighted by Gasteiger charge is -2.18. The van der Waals surface area contributed by atoms with Gasteiger partial charge in [0.25, 0.3) is 5.91 Å². The molecule has 2 fully saturated rings. The number of benzene rings is 1. The second kappa shape index (κ2) is 9.91. The zero-order chi connectivity index (χ0) is 20.1. The van der Waals surface area contributed by atoms with Gasteiger partial charge in [0.05, 0.1) is 28.6 Å². The van der Waals surface area contributed by atoms with Crippen LogP contribution in [0.3, 0.4) is 0 Å². The summed E-state index contributed by atoms with van der Waals surface area (Å²) < 4.78 is 18.4. The summed E-state index contributed by atoms with van der Waals surface area (Å²) in [5.41, 5.74) is 0.832. The van der Waals surface area contributed by atoms with Gasteiger partial charge in [0.1, 0.15) is 10.9 Å². The van der Waals surface area contributed by atoms with E-state index in [0.717, 1.165) is 29.5 Å². The van der Waals surface area contributed by atoms with Gasteiger partial charge in [-0.2, -0.15) is 0 Å². The zero-order valence-corrected chi connectivity index (χ0v) is 18.8. The van der Waals surface area contributed by atoms with Crippen molar-refractivity contribution in [1.29, 1.82) is 0 Å². The quantitative estimate of drug-likeness (QED) is 0.300. The Morgan fingerprint density at radius 3 is 2.96 bits per heavy atom. The first-order valence-electron chi connectivity index (χ1n) is 9.10. The Kier molecular flexibility index (Phi) is 7.56. The zero-order valence-electron chi connectivity index (χ0n) is 15.6. The number of hydrogen-bond donors (Lipinski definition) is 0. The van der Waals surface area contributed by atoms with E-state index in [-0.39, 0.29) is 12.0 Å². The second-order valence-corrected chi connectivity index (χ2v) is 8.82. The van der Waals surface area contributed by atoms with E-state index < -0.39 is 0 Å². The van der Waals surface area contributed by atoms with Gasteiger partial charge in [-0.3, -0.25) is 9.69 Å². The van der Waals surface area contributed by atoms with Crippen LogP contribution in [-0.2, 0) is 9.53 Å². The third-order valence-corrected chi connectivity index (χ3v) is 6.23. The van der Waals surface area contributed by atoms with Crippen LogP contribution in [0.2, 0.25) is 0 Å². The molecule has 8 heteroatoms. The summed E-state index contributed by atoms with van der Waals surface area (Å²) in [6, 6.07) is 3.76. The number of carbonyl (C=O) groups excluding carboxylic acids is 1. The van der Waals surface area contributed by atoms with E-state index in [1.807, 2.05) is 25.1 Å². The van der Waals surface area contributed by atoms with Crippen molar-refractivity contribution in [2.45, 2.75) is 25.9 Å². The van der Waals surface area contributed by atoms with Crippen LogP contribution < -0.4 is 9.47 Å². The van der Waals surface area contributed by atoms with E-state index in [1.54, 1.807) is 11.0 Å². The van der Waals surface area contributed by atoms with E-state index >= 15 is 0 Å². The molecule has 1 amide bonds. The Balaban J connectivity index is 1.82. The first-order valence-corrected chi connectivity index (χ1v) is 11.1. The summed E-state index contributed by atoms with van der Waals surface area (Å²) >= 11 is 10.3. The molecule has 0 aromatic heterocycles. The average Bonchev–Trinajstić information content (AvgIpc) is 3.26.